The van der Waals surface area contributed by atoms with Crippen molar-refractivity contribution in [3.05, 3.63) is 35.4 Å². The van der Waals surface area contributed by atoms with Crippen LogP contribution < -0.4 is 10.6 Å². The molecule has 0 aliphatic heterocycles. The van der Waals surface area contributed by atoms with Crippen LogP contribution in [0.4, 0.5) is 8.78 Å². The molecule has 0 radical (unpaired) electrons. The van der Waals surface area contributed by atoms with Crippen molar-refractivity contribution in [1.29, 1.82) is 0 Å². The summed E-state index contributed by atoms with van der Waals surface area (Å²) in [4.78, 5) is 4.70. The van der Waals surface area contributed by atoms with Crippen LogP contribution in [-0.4, -0.2) is 36.8 Å². The highest BCUT2D eigenvalue weighted by Crippen LogP contribution is 2.43. The first-order chi connectivity index (χ1) is 12.5. The third-order valence-electron chi connectivity index (χ3n) is 5.54. The highest BCUT2D eigenvalue weighted by atomic mass is 127. The average Bonchev–Trinajstić information content (AvgIpc) is 3.37. The number of benzene rings is 1. The summed E-state index contributed by atoms with van der Waals surface area (Å²) < 4.78 is 27.9. The number of aliphatic hydroxyl groups excluding tert-OH is 1. The number of hydrogen-bond donors (Lipinski definition) is 3. The first-order valence-corrected chi connectivity index (χ1v) is 9.59. The van der Waals surface area contributed by atoms with E-state index in [-0.39, 0.29) is 53.5 Å². The summed E-state index contributed by atoms with van der Waals surface area (Å²) >= 11 is 0. The topological polar surface area (TPSA) is 56.7 Å². The van der Waals surface area contributed by atoms with E-state index in [9.17, 15) is 13.9 Å². The van der Waals surface area contributed by atoms with Crippen LogP contribution in [0.1, 0.15) is 57.9 Å². The number of nitrogens with one attached hydrogen (secondary N) is 2. The molecule has 7 heteroatoms. The molecule has 4 nitrogen and oxygen atoms in total. The monoisotopic (exact) mass is 495 g/mol. The lowest BCUT2D eigenvalue weighted by Crippen LogP contribution is -2.40. The first kappa shape index (κ1) is 24.1. The summed E-state index contributed by atoms with van der Waals surface area (Å²) in [5.41, 5.74) is 0.148. The largest absolute Gasteiger partial charge is 0.396 e. The van der Waals surface area contributed by atoms with Crippen LogP contribution in [0.2, 0.25) is 0 Å². The second-order valence-electron chi connectivity index (χ2n) is 7.10. The molecule has 3 N–H and O–H groups in total. The van der Waals surface area contributed by atoms with E-state index in [1.54, 1.807) is 0 Å². The summed E-state index contributed by atoms with van der Waals surface area (Å²) in [6, 6.07) is 3.98. The van der Waals surface area contributed by atoms with Gasteiger partial charge < -0.3 is 15.7 Å². The fourth-order valence-electron chi connectivity index (χ4n) is 3.42. The molecule has 1 aliphatic carbocycles. The standard InChI is InChI=1S/C20H31F2N3O.HI/c1-4-20(5-2,10-11-26)13-24-19(23-6-3)25-17-12-14(17)18-15(21)8-7-9-16(18)22;/h7-9,14,17,26H,4-6,10-13H2,1-3H3,(H2,23,24,25);1H. The molecule has 0 aromatic heterocycles. The molecule has 2 rings (SSSR count). The van der Waals surface area contributed by atoms with E-state index >= 15 is 0 Å². The van der Waals surface area contributed by atoms with E-state index < -0.39 is 11.6 Å². The van der Waals surface area contributed by atoms with Crippen LogP contribution in [-0.2, 0) is 0 Å². The third kappa shape index (κ3) is 6.27. The fourth-order valence-corrected chi connectivity index (χ4v) is 3.42. The van der Waals surface area contributed by atoms with E-state index in [4.69, 9.17) is 4.99 Å². The number of halogens is 3. The SMILES string of the molecule is CCNC(=NCC(CC)(CC)CCO)NC1CC1c1c(F)cccc1F.I. The van der Waals surface area contributed by atoms with Crippen LogP contribution in [0, 0.1) is 17.0 Å². The van der Waals surface area contributed by atoms with Crippen LogP contribution in [0.25, 0.3) is 0 Å². The molecular weight excluding hydrogens is 463 g/mol. The summed E-state index contributed by atoms with van der Waals surface area (Å²) in [5, 5.41) is 15.9. The van der Waals surface area contributed by atoms with Gasteiger partial charge in [0.25, 0.3) is 0 Å². The van der Waals surface area contributed by atoms with E-state index in [1.165, 1.54) is 18.2 Å². The van der Waals surface area contributed by atoms with Gasteiger partial charge in [0.15, 0.2) is 5.96 Å². The minimum absolute atomic E-state index is 0. The van der Waals surface area contributed by atoms with Gasteiger partial charge in [-0.3, -0.25) is 4.99 Å². The lowest BCUT2D eigenvalue weighted by Gasteiger charge is -2.29. The van der Waals surface area contributed by atoms with Gasteiger partial charge in [0.1, 0.15) is 11.6 Å². The Bertz CT molecular complexity index is 603. The van der Waals surface area contributed by atoms with E-state index in [0.717, 1.165) is 19.3 Å². The molecule has 1 aromatic carbocycles. The van der Waals surface area contributed by atoms with Crippen molar-refractivity contribution in [1.82, 2.24) is 10.6 Å². The maximum atomic E-state index is 13.9. The fraction of sp³-hybridized carbons (Fsp3) is 0.650. The molecule has 1 aliphatic rings. The van der Waals surface area contributed by atoms with Crippen molar-refractivity contribution < 1.29 is 13.9 Å². The van der Waals surface area contributed by atoms with E-state index in [2.05, 4.69) is 24.5 Å². The van der Waals surface area contributed by atoms with Crippen molar-refractivity contribution in [2.75, 3.05) is 19.7 Å². The van der Waals surface area contributed by atoms with Crippen molar-refractivity contribution >= 4 is 29.9 Å². The zero-order valence-corrected chi connectivity index (χ0v) is 18.7. The molecule has 0 spiro atoms. The van der Waals surface area contributed by atoms with E-state index in [0.29, 0.717) is 25.5 Å². The summed E-state index contributed by atoms with van der Waals surface area (Å²) in [6.45, 7) is 7.70. The van der Waals surface area contributed by atoms with Crippen LogP contribution in [0.5, 0.6) is 0 Å². The molecule has 1 fully saturated rings. The normalized spacial score (nSPS) is 19.4. The molecule has 2 unspecified atom stereocenters. The van der Waals surface area contributed by atoms with Crippen molar-refractivity contribution in [3.63, 3.8) is 0 Å². The number of nitrogens with zero attached hydrogens (tertiary/aromatic N) is 1. The second kappa shape index (κ2) is 11.1. The molecule has 154 valence electrons. The Hall–Kier alpha value is -0.960. The van der Waals surface area contributed by atoms with Gasteiger partial charge in [0.05, 0.1) is 0 Å². The summed E-state index contributed by atoms with van der Waals surface area (Å²) in [6.07, 6.45) is 3.29. The average molecular weight is 495 g/mol. The van der Waals surface area contributed by atoms with Crippen molar-refractivity contribution in [2.24, 2.45) is 10.4 Å². The van der Waals surface area contributed by atoms with Crippen molar-refractivity contribution in [3.8, 4) is 0 Å². The van der Waals surface area contributed by atoms with Gasteiger partial charge in [-0.15, -0.1) is 24.0 Å². The zero-order valence-electron chi connectivity index (χ0n) is 16.4. The highest BCUT2D eigenvalue weighted by molar-refractivity contribution is 14.0. The number of hydrogen-bond acceptors (Lipinski definition) is 2. The minimum atomic E-state index is -0.486. The Kier molecular flexibility index (Phi) is 9.94. The van der Waals surface area contributed by atoms with Gasteiger partial charge >= 0.3 is 0 Å². The molecule has 0 amide bonds. The number of guanidine groups is 1. The van der Waals surface area contributed by atoms with Crippen LogP contribution in [0.3, 0.4) is 0 Å². The van der Waals surface area contributed by atoms with Crippen LogP contribution >= 0.6 is 24.0 Å². The van der Waals surface area contributed by atoms with Gasteiger partial charge in [0.2, 0.25) is 0 Å². The maximum absolute atomic E-state index is 13.9. The Morgan fingerprint density at radius 2 is 1.85 bits per heavy atom. The Morgan fingerprint density at radius 1 is 1.22 bits per heavy atom. The molecule has 1 saturated carbocycles. The van der Waals surface area contributed by atoms with Gasteiger partial charge in [-0.05, 0) is 50.2 Å². The quantitative estimate of drug-likeness (QED) is 0.274. The second-order valence-corrected chi connectivity index (χ2v) is 7.10. The van der Waals surface area contributed by atoms with Crippen LogP contribution in [0.15, 0.2) is 23.2 Å². The number of rotatable bonds is 9. The molecule has 0 bridgehead atoms. The Labute approximate surface area is 178 Å². The lowest BCUT2D eigenvalue weighted by atomic mass is 9.79. The van der Waals surface area contributed by atoms with Gasteiger partial charge in [0, 0.05) is 37.2 Å². The van der Waals surface area contributed by atoms with Gasteiger partial charge in [-0.1, -0.05) is 19.9 Å². The molecular formula is C20H32F2IN3O. The maximum Gasteiger partial charge on any atom is 0.191 e. The minimum Gasteiger partial charge on any atom is -0.396 e. The van der Waals surface area contributed by atoms with E-state index in [1.807, 2.05) is 6.92 Å². The van der Waals surface area contributed by atoms with Gasteiger partial charge in [-0.2, -0.15) is 0 Å². The molecule has 2 atom stereocenters. The third-order valence-corrected chi connectivity index (χ3v) is 5.54. The number of aliphatic hydroxyl groups is 1. The molecule has 0 heterocycles. The Morgan fingerprint density at radius 3 is 2.37 bits per heavy atom. The molecule has 27 heavy (non-hydrogen) atoms. The molecule has 0 saturated heterocycles. The Balaban J connectivity index is 0.00000364. The predicted molar refractivity (Wildman–Crippen MR) is 117 cm³/mol. The molecule has 1 aromatic rings. The van der Waals surface area contributed by atoms with Crippen molar-refractivity contribution in [2.45, 2.75) is 58.4 Å². The predicted octanol–water partition coefficient (Wildman–Crippen LogP) is 4.18. The summed E-state index contributed by atoms with van der Waals surface area (Å²) in [7, 11) is 0. The zero-order chi connectivity index (χ0) is 19.2. The lowest BCUT2D eigenvalue weighted by molar-refractivity contribution is 0.175. The highest BCUT2D eigenvalue weighted by Gasteiger charge is 2.42. The van der Waals surface area contributed by atoms with Gasteiger partial charge in [-0.25, -0.2) is 8.78 Å². The first-order valence-electron chi connectivity index (χ1n) is 9.59. The number of aliphatic imine (C=N–C) groups is 1. The smallest absolute Gasteiger partial charge is 0.191 e. The summed E-state index contributed by atoms with van der Waals surface area (Å²) in [5.74, 6) is -0.471.